The zero-order valence-corrected chi connectivity index (χ0v) is 60.8. The number of hydrogen-bond acceptors (Lipinski definition) is 16. The van der Waals surface area contributed by atoms with E-state index in [2.05, 4.69) is 21.9 Å². The summed E-state index contributed by atoms with van der Waals surface area (Å²) in [5.74, 6) is -5.64. The maximum atomic E-state index is 15.3. The number of ketones is 1. The van der Waals surface area contributed by atoms with Crippen LogP contribution in [-0.2, 0) is 62.3 Å². The summed E-state index contributed by atoms with van der Waals surface area (Å²) in [7, 11) is 9.64. The minimum absolute atomic E-state index is 0.00230. The molecule has 0 radical (unpaired) electrons. The maximum absolute atomic E-state index is 15.3. The van der Waals surface area contributed by atoms with Gasteiger partial charge in [0.1, 0.15) is 12.1 Å². The highest BCUT2D eigenvalue weighted by Crippen LogP contribution is 2.32. The van der Waals surface area contributed by atoms with Gasteiger partial charge in [-0.25, -0.2) is 4.79 Å². The molecule has 0 aromatic rings. The Balaban J connectivity index is 3.80. The van der Waals surface area contributed by atoms with Gasteiger partial charge in [-0.2, -0.15) is 0 Å². The molecule has 1 aliphatic rings. The quantitative estimate of drug-likeness (QED) is 0.0292. The molecular weight excluding hydrogens is 1210 g/mol. The first-order valence-corrected chi connectivity index (χ1v) is 33.3. The Labute approximate surface area is 560 Å². The van der Waals surface area contributed by atoms with Crippen molar-refractivity contribution in [2.45, 2.75) is 228 Å². The van der Waals surface area contributed by atoms with Crippen molar-refractivity contribution >= 4 is 77.9 Å². The highest BCUT2D eigenvalue weighted by Gasteiger charge is 2.51. The number of terminal acetylenes is 1. The summed E-state index contributed by atoms with van der Waals surface area (Å²) < 4.78 is 5.34. The Hall–Kier alpha value is -6.85. The van der Waals surface area contributed by atoms with Crippen molar-refractivity contribution in [3.05, 3.63) is 0 Å². The van der Waals surface area contributed by atoms with Crippen molar-refractivity contribution in [3.63, 3.8) is 0 Å². The number of Topliss-reactive ketones (excluding diaryl/α,β-unsaturated/α-hetero) is 1. The van der Waals surface area contributed by atoms with Crippen LogP contribution < -0.4 is 21.7 Å². The highest BCUT2D eigenvalue weighted by atomic mass is 16.5. The lowest BCUT2D eigenvalue weighted by Crippen LogP contribution is -2.71. The molecule has 1 rings (SSSR count). The summed E-state index contributed by atoms with van der Waals surface area (Å²) in [6.45, 7) is 28.4. The number of ether oxygens (including phenoxy) is 1. The predicted octanol–water partition coefficient (Wildman–Crippen LogP) is 3.90. The van der Waals surface area contributed by atoms with Crippen LogP contribution in [-0.4, -0.2) is 246 Å². The number of primary amides is 1. The van der Waals surface area contributed by atoms with Crippen molar-refractivity contribution in [1.29, 1.82) is 0 Å². The number of hydrogen-bond donors (Lipinski definition) is 4. The fourth-order valence-electron chi connectivity index (χ4n) is 12.2. The molecule has 0 bridgehead atoms. The molecule has 26 heteroatoms. The largest absolute Gasteiger partial charge is 0.378 e. The fourth-order valence-corrected chi connectivity index (χ4v) is 12.2. The number of amides is 10. The van der Waals surface area contributed by atoms with E-state index in [9.17, 15) is 52.7 Å². The van der Waals surface area contributed by atoms with Crippen LogP contribution in [0.1, 0.15) is 174 Å². The van der Waals surface area contributed by atoms with E-state index in [0.29, 0.717) is 64.6 Å². The average Bonchev–Trinajstić information content (AvgIpc) is 0.778. The van der Waals surface area contributed by atoms with Crippen LogP contribution in [0, 0.1) is 53.8 Å². The van der Waals surface area contributed by atoms with Crippen LogP contribution in [0.5, 0.6) is 0 Å². The van der Waals surface area contributed by atoms with Crippen molar-refractivity contribution in [3.8, 4) is 12.3 Å². The molecule has 1 heterocycles. The number of nitrogens with one attached hydrogen (secondary N) is 3. The lowest BCUT2D eigenvalue weighted by atomic mass is 9.90. The van der Waals surface area contributed by atoms with E-state index in [1.165, 1.54) is 71.0 Å². The van der Waals surface area contributed by atoms with Crippen LogP contribution in [0.4, 0.5) is 4.79 Å². The molecule has 0 saturated carbocycles. The Bertz CT molecular complexity index is 2640. The standard InChI is InChI=1S/C68H118N12O14/c1-24-27-54(85)73(17)50(25-2)62(90)78(22)67(41-82,38-45(7)8)70-56(47(11)12)63(91)74(18)51(31-30-43(3)4)60(88)71-66(16,40-81)72-65(93)79(23)68(42-83,39-46(9)10)77(21)52(36-44(5)6)61(89)75(19)57(48(13)14)64(92)76(20)58(59(69)87)53(84)37-49(15)28-26-29-55(86)80-32-34-94-35-33-80/h2,40-52,56-58,70H,24,26-39H2,1,3-23H3,(H2,69,87)(H,71,88)(H,72,93). The van der Waals surface area contributed by atoms with Gasteiger partial charge in [-0.05, 0) is 107 Å². The second-order valence-corrected chi connectivity index (χ2v) is 28.4. The lowest BCUT2D eigenvalue weighted by Gasteiger charge is -2.49. The Morgan fingerprint density at radius 3 is 1.66 bits per heavy atom. The second kappa shape index (κ2) is 38.6. The minimum atomic E-state index is -2.22. The number of rotatable bonds is 41. The van der Waals surface area contributed by atoms with Gasteiger partial charge in [-0.3, -0.25) is 67.8 Å². The first-order valence-electron chi connectivity index (χ1n) is 33.3. The van der Waals surface area contributed by atoms with Gasteiger partial charge >= 0.3 is 6.03 Å². The number of aldehydes is 3. The Morgan fingerprint density at radius 2 is 1.20 bits per heavy atom. The van der Waals surface area contributed by atoms with Crippen LogP contribution in [0.15, 0.2) is 0 Å². The summed E-state index contributed by atoms with van der Waals surface area (Å²) in [6.07, 6.45) is 9.40. The smallest absolute Gasteiger partial charge is 0.321 e. The molecular formula is C68H118N12O14. The first kappa shape index (κ1) is 85.2. The number of nitrogens with two attached hydrogens (primary N) is 1. The van der Waals surface area contributed by atoms with E-state index in [-0.39, 0.29) is 92.6 Å². The summed E-state index contributed by atoms with van der Waals surface area (Å²) in [4.78, 5) is 193. The summed E-state index contributed by atoms with van der Waals surface area (Å²) in [5, 5.41) is 8.40. The third-order valence-corrected chi connectivity index (χ3v) is 17.7. The van der Waals surface area contributed by atoms with Gasteiger partial charge in [0.15, 0.2) is 53.7 Å². The van der Waals surface area contributed by atoms with Crippen LogP contribution in [0.3, 0.4) is 0 Å². The molecule has 0 aromatic heterocycles. The minimum Gasteiger partial charge on any atom is -0.378 e. The molecule has 94 heavy (non-hydrogen) atoms. The Kier molecular flexibility index (Phi) is 35.0. The molecule has 5 N–H and O–H groups in total. The summed E-state index contributed by atoms with van der Waals surface area (Å²) in [5.41, 5.74) is -0.193. The van der Waals surface area contributed by atoms with Gasteiger partial charge in [0, 0.05) is 74.6 Å². The van der Waals surface area contributed by atoms with Crippen molar-refractivity contribution in [2.75, 3.05) is 75.6 Å². The van der Waals surface area contributed by atoms with Crippen molar-refractivity contribution in [1.82, 2.24) is 55.1 Å². The van der Waals surface area contributed by atoms with Crippen LogP contribution >= 0.6 is 0 Å². The fraction of sp³-hybridized carbons (Fsp3) is 0.779. The van der Waals surface area contributed by atoms with E-state index >= 15 is 9.59 Å². The summed E-state index contributed by atoms with van der Waals surface area (Å²) >= 11 is 0. The zero-order valence-electron chi connectivity index (χ0n) is 60.8. The molecule has 0 aromatic carbocycles. The van der Waals surface area contributed by atoms with E-state index in [0.717, 1.165) is 19.6 Å². The maximum Gasteiger partial charge on any atom is 0.321 e. The van der Waals surface area contributed by atoms with Gasteiger partial charge < -0.3 is 55.4 Å². The van der Waals surface area contributed by atoms with E-state index in [4.69, 9.17) is 16.9 Å². The van der Waals surface area contributed by atoms with Gasteiger partial charge in [0.25, 0.3) is 5.91 Å². The molecule has 534 valence electrons. The molecule has 10 atom stereocenters. The third-order valence-electron chi connectivity index (χ3n) is 17.7. The topological polar surface area (TPSA) is 319 Å². The molecule has 0 spiro atoms. The molecule has 0 aliphatic carbocycles. The molecule has 1 aliphatic heterocycles. The molecule has 10 unspecified atom stereocenters. The average molecular weight is 1330 g/mol. The highest BCUT2D eigenvalue weighted by molar-refractivity contribution is 6.08. The van der Waals surface area contributed by atoms with E-state index in [1.807, 2.05) is 48.5 Å². The van der Waals surface area contributed by atoms with Gasteiger partial charge in [0.2, 0.25) is 41.4 Å². The van der Waals surface area contributed by atoms with E-state index in [1.54, 1.807) is 53.4 Å². The molecule has 10 amide bonds. The number of urea groups is 1. The van der Waals surface area contributed by atoms with E-state index < -0.39 is 112 Å². The van der Waals surface area contributed by atoms with Crippen molar-refractivity contribution in [2.24, 2.45) is 47.2 Å². The zero-order chi connectivity index (χ0) is 72.7. The van der Waals surface area contributed by atoms with Crippen LogP contribution in [0.25, 0.3) is 0 Å². The second-order valence-electron chi connectivity index (χ2n) is 28.4. The third kappa shape index (κ3) is 23.2. The number of nitrogens with zero attached hydrogens (tertiary/aromatic N) is 8. The predicted molar refractivity (Wildman–Crippen MR) is 359 cm³/mol. The number of carbonyl (C=O) groups excluding carboxylic acids is 13. The number of morpholine rings is 1. The summed E-state index contributed by atoms with van der Waals surface area (Å²) in [6, 6.07) is -9.17. The first-order chi connectivity index (χ1) is 43.6. The Morgan fingerprint density at radius 1 is 0.628 bits per heavy atom. The van der Waals surface area contributed by atoms with Crippen molar-refractivity contribution < 1.29 is 67.1 Å². The molecule has 1 fully saturated rings. The lowest BCUT2D eigenvalue weighted by molar-refractivity contribution is -0.156. The van der Waals surface area contributed by atoms with Gasteiger partial charge in [-0.1, -0.05) is 103 Å². The number of likely N-dealkylation sites (N-methyl/N-ethyl adjacent to an activating group) is 7. The number of carbonyl (C=O) groups is 13. The normalized spacial score (nSPS) is 16.8. The monoisotopic (exact) mass is 1330 g/mol. The SMILES string of the molecule is C#CC(C(=O)N(C)C(C=O)(CC(C)C)NC(C(=O)N(C)C(CCC(C)C)C(=O)NC(C)(C=O)NC(=O)N(C)C(C=O)(CC(C)C)N(C)C(CC(C)C)C(=O)N(C)C(C(=O)N(C)C(C(N)=O)C(=O)CC(C)CCCC(=O)N1CCOCC1)C(C)C)C(C)C)N(C)C(=O)CCC. The molecule has 1 saturated heterocycles. The molecule has 26 nitrogen and oxygen atoms in total. The van der Waals surface area contributed by atoms with Gasteiger partial charge in [0.05, 0.1) is 25.3 Å². The van der Waals surface area contributed by atoms with Gasteiger partial charge in [-0.15, -0.1) is 6.42 Å². The van der Waals surface area contributed by atoms with Crippen LogP contribution in [0.2, 0.25) is 0 Å².